The Bertz CT molecular complexity index is 671. The Hall–Kier alpha value is -2.12. The van der Waals surface area contributed by atoms with Crippen LogP contribution in [0.15, 0.2) is 30.5 Å². The first kappa shape index (κ1) is 14.3. The smallest absolute Gasteiger partial charge is 0.358 e. The minimum absolute atomic E-state index is 0.170. The van der Waals surface area contributed by atoms with E-state index in [-0.39, 0.29) is 17.4 Å². The highest BCUT2D eigenvalue weighted by Crippen LogP contribution is 2.29. The van der Waals surface area contributed by atoms with Crippen molar-refractivity contribution in [3.05, 3.63) is 50.6 Å². The van der Waals surface area contributed by atoms with Crippen molar-refractivity contribution in [3.8, 4) is 0 Å². The summed E-state index contributed by atoms with van der Waals surface area (Å²) in [7, 11) is 0. The van der Waals surface area contributed by atoms with Crippen LogP contribution in [0.1, 0.15) is 0 Å². The minimum Gasteiger partial charge on any atom is -0.358 e. The molecule has 1 aromatic carbocycles. The lowest BCUT2D eigenvalue weighted by atomic mass is 10.3. The summed E-state index contributed by atoms with van der Waals surface area (Å²) in [5.41, 5.74) is 0.367. The zero-order valence-electron chi connectivity index (χ0n) is 9.92. The SMILES string of the molecule is O=C(Cn1ccc([N+](=O)[O-])n1)Nc1cccc(Cl)c1Cl. The molecular weight excluding hydrogens is 307 g/mol. The van der Waals surface area contributed by atoms with Gasteiger partial charge in [-0.1, -0.05) is 29.3 Å². The number of nitrogens with one attached hydrogen (secondary N) is 1. The number of carbonyl (C=O) groups excluding carboxylic acids is 1. The van der Waals surface area contributed by atoms with Gasteiger partial charge in [0, 0.05) is 0 Å². The Kier molecular flexibility index (Phi) is 4.21. The summed E-state index contributed by atoms with van der Waals surface area (Å²) >= 11 is 11.7. The predicted octanol–water partition coefficient (Wildman–Crippen LogP) is 2.74. The highest BCUT2D eigenvalue weighted by Gasteiger charge is 2.14. The lowest BCUT2D eigenvalue weighted by Crippen LogP contribution is -2.19. The molecule has 7 nitrogen and oxygen atoms in total. The van der Waals surface area contributed by atoms with Gasteiger partial charge < -0.3 is 15.4 Å². The number of anilines is 1. The Morgan fingerprint density at radius 1 is 1.40 bits per heavy atom. The average Bonchev–Trinajstić information content (AvgIpc) is 2.83. The first-order valence-corrected chi connectivity index (χ1v) is 6.14. The van der Waals surface area contributed by atoms with Gasteiger partial charge in [-0.2, -0.15) is 4.68 Å². The summed E-state index contributed by atoms with van der Waals surface area (Å²) in [6.45, 7) is -0.170. The van der Waals surface area contributed by atoms with Crippen molar-refractivity contribution in [1.29, 1.82) is 0 Å². The van der Waals surface area contributed by atoms with Crippen LogP contribution in [0.25, 0.3) is 0 Å². The summed E-state index contributed by atoms with van der Waals surface area (Å²) in [5.74, 6) is -0.745. The van der Waals surface area contributed by atoms with Crippen molar-refractivity contribution < 1.29 is 9.72 Å². The van der Waals surface area contributed by atoms with Gasteiger partial charge in [-0.3, -0.25) is 4.79 Å². The molecule has 0 bridgehead atoms. The number of aromatic nitrogens is 2. The van der Waals surface area contributed by atoms with Gasteiger partial charge in [0.15, 0.2) is 0 Å². The second-order valence-electron chi connectivity index (χ2n) is 3.78. The molecule has 104 valence electrons. The zero-order chi connectivity index (χ0) is 14.7. The average molecular weight is 315 g/mol. The van der Waals surface area contributed by atoms with Gasteiger partial charge in [0.2, 0.25) is 5.91 Å². The maximum Gasteiger partial charge on any atom is 0.389 e. The molecule has 0 fully saturated rings. The van der Waals surface area contributed by atoms with E-state index in [9.17, 15) is 14.9 Å². The fourth-order valence-electron chi connectivity index (χ4n) is 1.47. The van der Waals surface area contributed by atoms with Crippen molar-refractivity contribution >= 4 is 40.6 Å². The summed E-state index contributed by atoms with van der Waals surface area (Å²) in [6, 6.07) is 6.04. The van der Waals surface area contributed by atoms with Crippen LogP contribution in [-0.2, 0) is 11.3 Å². The van der Waals surface area contributed by atoms with Crippen LogP contribution < -0.4 is 5.32 Å². The lowest BCUT2D eigenvalue weighted by molar-refractivity contribution is -0.389. The molecule has 1 heterocycles. The molecule has 1 N–H and O–H groups in total. The van der Waals surface area contributed by atoms with Crippen molar-refractivity contribution in [2.75, 3.05) is 5.32 Å². The summed E-state index contributed by atoms with van der Waals surface area (Å²) in [4.78, 5) is 21.6. The molecule has 0 spiro atoms. The second kappa shape index (κ2) is 5.89. The van der Waals surface area contributed by atoms with E-state index in [2.05, 4.69) is 10.4 Å². The monoisotopic (exact) mass is 314 g/mol. The van der Waals surface area contributed by atoms with E-state index in [0.29, 0.717) is 10.7 Å². The van der Waals surface area contributed by atoms with Gasteiger partial charge in [0.1, 0.15) is 6.54 Å². The Morgan fingerprint density at radius 3 is 2.80 bits per heavy atom. The number of amides is 1. The first-order chi connectivity index (χ1) is 9.47. The van der Waals surface area contributed by atoms with E-state index in [4.69, 9.17) is 23.2 Å². The fourth-order valence-corrected chi connectivity index (χ4v) is 1.82. The van der Waals surface area contributed by atoms with Gasteiger partial charge >= 0.3 is 5.82 Å². The van der Waals surface area contributed by atoms with Gasteiger partial charge in [-0.05, 0) is 17.1 Å². The molecule has 0 radical (unpaired) electrons. The Balaban J connectivity index is 2.05. The number of benzene rings is 1. The zero-order valence-corrected chi connectivity index (χ0v) is 11.4. The molecule has 1 aromatic heterocycles. The lowest BCUT2D eigenvalue weighted by Gasteiger charge is -2.07. The number of rotatable bonds is 4. The number of halogens is 2. The van der Waals surface area contributed by atoms with Crippen molar-refractivity contribution in [3.63, 3.8) is 0 Å². The molecule has 1 amide bonds. The van der Waals surface area contributed by atoms with E-state index < -0.39 is 10.8 Å². The second-order valence-corrected chi connectivity index (χ2v) is 4.56. The predicted molar refractivity (Wildman–Crippen MR) is 74.0 cm³/mol. The first-order valence-electron chi connectivity index (χ1n) is 5.39. The van der Waals surface area contributed by atoms with Gasteiger partial charge in [0.25, 0.3) is 0 Å². The topological polar surface area (TPSA) is 90.1 Å². The minimum atomic E-state index is -0.637. The molecule has 0 saturated heterocycles. The van der Waals surface area contributed by atoms with Crippen LogP contribution in [0.4, 0.5) is 11.5 Å². The van der Waals surface area contributed by atoms with Gasteiger partial charge in [-0.25, -0.2) is 0 Å². The molecule has 0 aliphatic rings. The number of hydrogen-bond acceptors (Lipinski definition) is 4. The maximum absolute atomic E-state index is 11.8. The molecule has 2 aromatic rings. The maximum atomic E-state index is 11.8. The standard InChI is InChI=1S/C11H8Cl2N4O3/c12-7-2-1-3-8(11(7)13)14-10(18)6-16-5-4-9(15-16)17(19)20/h1-5H,6H2,(H,14,18). The Labute approximate surface area is 123 Å². The molecule has 0 saturated carbocycles. The fraction of sp³-hybridized carbons (Fsp3) is 0.0909. The molecule has 9 heteroatoms. The number of nitro groups is 1. The summed E-state index contributed by atoms with van der Waals surface area (Å²) in [5, 5.41) is 17.2. The normalized spacial score (nSPS) is 10.3. The van der Waals surface area contributed by atoms with Gasteiger partial charge in [0.05, 0.1) is 33.1 Å². The largest absolute Gasteiger partial charge is 0.389 e. The molecule has 0 aliphatic heterocycles. The van der Waals surface area contributed by atoms with Crippen LogP contribution >= 0.6 is 23.2 Å². The van der Waals surface area contributed by atoms with Crippen molar-refractivity contribution in [1.82, 2.24) is 9.78 Å². The van der Waals surface area contributed by atoms with E-state index in [1.165, 1.54) is 12.3 Å². The van der Waals surface area contributed by atoms with E-state index in [1.54, 1.807) is 18.2 Å². The van der Waals surface area contributed by atoms with Crippen LogP contribution in [0, 0.1) is 10.1 Å². The highest BCUT2D eigenvalue weighted by molar-refractivity contribution is 6.43. The highest BCUT2D eigenvalue weighted by atomic mass is 35.5. The molecule has 20 heavy (non-hydrogen) atoms. The number of hydrogen-bond donors (Lipinski definition) is 1. The quantitative estimate of drug-likeness (QED) is 0.694. The third-order valence-electron chi connectivity index (χ3n) is 2.34. The van der Waals surface area contributed by atoms with E-state index in [1.807, 2.05) is 0 Å². The van der Waals surface area contributed by atoms with E-state index in [0.717, 1.165) is 4.68 Å². The van der Waals surface area contributed by atoms with Crippen LogP contribution in [0.5, 0.6) is 0 Å². The number of carbonyl (C=O) groups is 1. The molecule has 0 aliphatic carbocycles. The number of nitrogens with zero attached hydrogens (tertiary/aromatic N) is 3. The molecular formula is C11H8Cl2N4O3. The van der Waals surface area contributed by atoms with E-state index >= 15 is 0 Å². The Morgan fingerprint density at radius 2 is 2.15 bits per heavy atom. The molecule has 0 atom stereocenters. The summed E-state index contributed by atoms with van der Waals surface area (Å²) < 4.78 is 1.16. The molecule has 2 rings (SSSR count). The summed E-state index contributed by atoms with van der Waals surface area (Å²) in [6.07, 6.45) is 1.34. The van der Waals surface area contributed by atoms with Gasteiger partial charge in [-0.15, -0.1) is 0 Å². The van der Waals surface area contributed by atoms with Crippen LogP contribution in [0.3, 0.4) is 0 Å². The van der Waals surface area contributed by atoms with Crippen LogP contribution in [-0.4, -0.2) is 20.6 Å². The third kappa shape index (κ3) is 3.25. The molecule has 0 unspecified atom stereocenters. The van der Waals surface area contributed by atoms with Crippen molar-refractivity contribution in [2.45, 2.75) is 6.54 Å². The van der Waals surface area contributed by atoms with Crippen LogP contribution in [0.2, 0.25) is 10.0 Å². The van der Waals surface area contributed by atoms with Crippen molar-refractivity contribution in [2.24, 2.45) is 0 Å². The third-order valence-corrected chi connectivity index (χ3v) is 3.16.